The topological polar surface area (TPSA) is 102 Å². The average molecular weight is 242 g/mol. The van der Waals surface area contributed by atoms with Crippen LogP contribution in [0.25, 0.3) is 0 Å². The van der Waals surface area contributed by atoms with Crippen LogP contribution in [0.15, 0.2) is 30.3 Å². The molecular formula is C13H10N2O3. The van der Waals surface area contributed by atoms with Crippen molar-refractivity contribution in [2.24, 2.45) is 5.92 Å². The fourth-order valence-electron chi connectivity index (χ4n) is 1.59. The molecule has 0 saturated carbocycles. The Morgan fingerprint density at radius 1 is 1.22 bits per heavy atom. The molecule has 0 bridgehead atoms. The van der Waals surface area contributed by atoms with E-state index in [2.05, 4.69) is 0 Å². The summed E-state index contributed by atoms with van der Waals surface area (Å²) in [5, 5.41) is 27.3. The fraction of sp³-hybridized carbons (Fsp3) is 0.231. The van der Waals surface area contributed by atoms with Crippen LogP contribution < -0.4 is 0 Å². The molecule has 0 aliphatic rings. The van der Waals surface area contributed by atoms with Crippen LogP contribution in [-0.4, -0.2) is 22.3 Å². The molecule has 0 aliphatic carbocycles. The van der Waals surface area contributed by atoms with Crippen molar-refractivity contribution in [3.05, 3.63) is 35.9 Å². The lowest BCUT2D eigenvalue weighted by Crippen LogP contribution is -2.44. The van der Waals surface area contributed by atoms with Gasteiger partial charge in [0.15, 0.2) is 5.78 Å². The van der Waals surface area contributed by atoms with E-state index in [1.807, 2.05) is 0 Å². The van der Waals surface area contributed by atoms with Gasteiger partial charge in [-0.1, -0.05) is 30.3 Å². The Balaban J connectivity index is 3.26. The SMILES string of the molecule is CC(=O)C(C(=O)c1ccccc1)C(O)(C#N)C#N. The van der Waals surface area contributed by atoms with Gasteiger partial charge >= 0.3 is 0 Å². The predicted molar refractivity (Wildman–Crippen MR) is 61.1 cm³/mol. The first-order chi connectivity index (χ1) is 8.46. The number of Topliss-reactive ketones (excluding diaryl/α,β-unsaturated/α-hetero) is 2. The molecule has 1 N–H and O–H groups in total. The highest BCUT2D eigenvalue weighted by Crippen LogP contribution is 2.22. The fourth-order valence-corrected chi connectivity index (χ4v) is 1.59. The highest BCUT2D eigenvalue weighted by molar-refractivity contribution is 6.11. The molecule has 0 amide bonds. The summed E-state index contributed by atoms with van der Waals surface area (Å²) >= 11 is 0. The Bertz CT molecular complexity index is 538. The molecule has 5 nitrogen and oxygen atoms in total. The van der Waals surface area contributed by atoms with E-state index < -0.39 is 23.1 Å². The van der Waals surface area contributed by atoms with Crippen molar-refractivity contribution < 1.29 is 14.7 Å². The summed E-state index contributed by atoms with van der Waals surface area (Å²) in [5.41, 5.74) is -2.47. The number of rotatable bonds is 4. The molecule has 1 aromatic carbocycles. The van der Waals surface area contributed by atoms with Gasteiger partial charge in [-0.15, -0.1) is 0 Å². The summed E-state index contributed by atoms with van der Waals surface area (Å²) < 4.78 is 0. The molecule has 0 fully saturated rings. The molecule has 5 heteroatoms. The number of carbonyl (C=O) groups excluding carboxylic acids is 2. The monoisotopic (exact) mass is 242 g/mol. The number of aliphatic hydroxyl groups is 1. The molecule has 0 aromatic heterocycles. The highest BCUT2D eigenvalue weighted by Gasteiger charge is 2.45. The molecule has 0 spiro atoms. The third-order valence-electron chi connectivity index (χ3n) is 2.49. The van der Waals surface area contributed by atoms with Crippen molar-refractivity contribution in [3.63, 3.8) is 0 Å². The average Bonchev–Trinajstić information content (AvgIpc) is 2.39. The minimum atomic E-state index is -2.64. The van der Waals surface area contributed by atoms with Crippen LogP contribution in [0.3, 0.4) is 0 Å². The van der Waals surface area contributed by atoms with E-state index in [9.17, 15) is 14.7 Å². The van der Waals surface area contributed by atoms with Crippen LogP contribution in [0.4, 0.5) is 0 Å². The van der Waals surface area contributed by atoms with Crippen LogP contribution in [0.1, 0.15) is 17.3 Å². The van der Waals surface area contributed by atoms with E-state index in [1.54, 1.807) is 18.2 Å². The Hall–Kier alpha value is -2.50. The van der Waals surface area contributed by atoms with Gasteiger partial charge in [0.2, 0.25) is 0 Å². The first-order valence-electron chi connectivity index (χ1n) is 5.11. The normalized spacial score (nSPS) is 12.0. The molecule has 0 heterocycles. The lowest BCUT2D eigenvalue weighted by atomic mass is 9.81. The predicted octanol–water partition coefficient (Wildman–Crippen LogP) is 0.853. The van der Waals surface area contributed by atoms with Gasteiger partial charge in [0.25, 0.3) is 5.60 Å². The molecule has 1 unspecified atom stereocenters. The number of benzene rings is 1. The van der Waals surface area contributed by atoms with E-state index >= 15 is 0 Å². The number of ketones is 2. The van der Waals surface area contributed by atoms with Gasteiger partial charge in [-0.05, 0) is 6.92 Å². The van der Waals surface area contributed by atoms with Crippen LogP contribution in [0.5, 0.6) is 0 Å². The first-order valence-corrected chi connectivity index (χ1v) is 5.11. The van der Waals surface area contributed by atoms with E-state index in [-0.39, 0.29) is 5.56 Å². The molecule has 1 aromatic rings. The zero-order valence-electron chi connectivity index (χ0n) is 9.62. The molecule has 0 aliphatic heterocycles. The minimum absolute atomic E-state index is 0.168. The third kappa shape index (κ3) is 2.42. The highest BCUT2D eigenvalue weighted by atomic mass is 16.3. The number of carbonyl (C=O) groups is 2. The van der Waals surface area contributed by atoms with E-state index in [0.29, 0.717) is 0 Å². The van der Waals surface area contributed by atoms with E-state index in [0.717, 1.165) is 6.92 Å². The van der Waals surface area contributed by atoms with E-state index in [1.165, 1.54) is 24.3 Å². The lowest BCUT2D eigenvalue weighted by Gasteiger charge is -2.20. The largest absolute Gasteiger partial charge is 0.363 e. The minimum Gasteiger partial charge on any atom is -0.363 e. The first kappa shape index (κ1) is 13.6. The summed E-state index contributed by atoms with van der Waals surface area (Å²) in [6, 6.07) is 10.4. The Kier molecular flexibility index (Phi) is 3.93. The van der Waals surface area contributed by atoms with Crippen molar-refractivity contribution >= 4 is 11.6 Å². The van der Waals surface area contributed by atoms with Gasteiger partial charge in [0.1, 0.15) is 23.8 Å². The van der Waals surface area contributed by atoms with Crippen LogP contribution in [0, 0.1) is 28.6 Å². The van der Waals surface area contributed by atoms with E-state index in [4.69, 9.17) is 10.5 Å². The Morgan fingerprint density at radius 2 is 1.72 bits per heavy atom. The maximum atomic E-state index is 12.1. The quantitative estimate of drug-likeness (QED) is 0.479. The second-order valence-electron chi connectivity index (χ2n) is 3.76. The standard InChI is InChI=1S/C13H10N2O3/c1-9(16)11(13(18,7-14)8-15)12(17)10-5-3-2-4-6-10/h2-6,11,18H,1H3. The van der Waals surface area contributed by atoms with Gasteiger partial charge in [-0.3, -0.25) is 9.59 Å². The van der Waals surface area contributed by atoms with Crippen molar-refractivity contribution in [1.29, 1.82) is 10.5 Å². The summed E-state index contributed by atoms with van der Waals surface area (Å²) in [6.45, 7) is 1.06. The smallest absolute Gasteiger partial charge is 0.255 e. The van der Waals surface area contributed by atoms with Crippen LogP contribution in [0.2, 0.25) is 0 Å². The van der Waals surface area contributed by atoms with Crippen molar-refractivity contribution in [2.45, 2.75) is 12.5 Å². The van der Waals surface area contributed by atoms with Crippen molar-refractivity contribution in [1.82, 2.24) is 0 Å². The molecular weight excluding hydrogens is 232 g/mol. The van der Waals surface area contributed by atoms with Gasteiger partial charge in [0, 0.05) is 5.56 Å². The number of nitriles is 2. The maximum Gasteiger partial charge on any atom is 0.255 e. The van der Waals surface area contributed by atoms with Crippen LogP contribution in [-0.2, 0) is 4.79 Å². The summed E-state index contributed by atoms with van der Waals surface area (Å²) in [4.78, 5) is 23.5. The zero-order chi connectivity index (χ0) is 13.8. The molecule has 90 valence electrons. The third-order valence-corrected chi connectivity index (χ3v) is 2.49. The van der Waals surface area contributed by atoms with Crippen molar-refractivity contribution in [3.8, 4) is 12.1 Å². The second-order valence-corrected chi connectivity index (χ2v) is 3.76. The summed E-state index contributed by atoms with van der Waals surface area (Å²) in [7, 11) is 0. The van der Waals surface area contributed by atoms with Gasteiger partial charge in [-0.25, -0.2) is 0 Å². The Morgan fingerprint density at radius 3 is 2.11 bits per heavy atom. The molecule has 1 atom stereocenters. The van der Waals surface area contributed by atoms with Gasteiger partial charge < -0.3 is 5.11 Å². The number of hydrogen-bond donors (Lipinski definition) is 1. The lowest BCUT2D eigenvalue weighted by molar-refractivity contribution is -0.122. The molecule has 1 rings (SSSR count). The number of hydrogen-bond acceptors (Lipinski definition) is 5. The summed E-state index contributed by atoms with van der Waals surface area (Å²) in [6.07, 6.45) is 0. The maximum absolute atomic E-state index is 12.1. The number of nitrogens with zero attached hydrogens (tertiary/aromatic N) is 2. The van der Waals surface area contributed by atoms with Gasteiger partial charge in [-0.2, -0.15) is 10.5 Å². The van der Waals surface area contributed by atoms with Crippen LogP contribution >= 0.6 is 0 Å². The molecule has 0 saturated heterocycles. The second kappa shape index (κ2) is 5.22. The van der Waals surface area contributed by atoms with Crippen molar-refractivity contribution in [2.75, 3.05) is 0 Å². The molecule has 0 radical (unpaired) electrons. The Labute approximate surface area is 104 Å². The zero-order valence-corrected chi connectivity index (χ0v) is 9.62. The summed E-state index contributed by atoms with van der Waals surface area (Å²) in [5.74, 6) is -3.17. The van der Waals surface area contributed by atoms with Gasteiger partial charge in [0.05, 0.1) is 0 Å². The molecule has 18 heavy (non-hydrogen) atoms.